The van der Waals surface area contributed by atoms with Crippen molar-refractivity contribution in [2.75, 3.05) is 11.5 Å². The number of rotatable bonds is 1. The average molecular weight is 231 g/mol. The van der Waals surface area contributed by atoms with E-state index in [0.717, 1.165) is 0 Å². The summed E-state index contributed by atoms with van der Waals surface area (Å²) in [5, 5.41) is 3.75. The molecule has 84 valence electrons. The molecule has 0 radical (unpaired) electrons. The molecule has 1 aliphatic heterocycles. The molecule has 1 aromatic rings. The van der Waals surface area contributed by atoms with E-state index in [2.05, 4.69) is 10.1 Å². The van der Waals surface area contributed by atoms with Crippen molar-refractivity contribution >= 4 is 9.84 Å². The van der Waals surface area contributed by atoms with Crippen molar-refractivity contribution in [1.82, 2.24) is 10.1 Å². The maximum Gasteiger partial charge on any atom is 0.223 e. The van der Waals surface area contributed by atoms with Gasteiger partial charge in [0.25, 0.3) is 0 Å². The smallest absolute Gasteiger partial charge is 0.223 e. The molecule has 7 heteroatoms. The molecule has 0 atom stereocenters. The number of aryl methyl sites for hydroxylation is 1. The Balaban J connectivity index is 2.23. The van der Waals surface area contributed by atoms with Crippen LogP contribution in [-0.4, -0.2) is 30.1 Å². The van der Waals surface area contributed by atoms with Crippen LogP contribution in [0.2, 0.25) is 0 Å². The summed E-state index contributed by atoms with van der Waals surface area (Å²) < 4.78 is 27.4. The van der Waals surface area contributed by atoms with E-state index < -0.39 is 15.4 Å². The zero-order chi connectivity index (χ0) is 11.1. The van der Waals surface area contributed by atoms with Gasteiger partial charge in [-0.3, -0.25) is 0 Å². The molecule has 0 aromatic carbocycles. The molecule has 0 aliphatic carbocycles. The second kappa shape index (κ2) is 3.28. The van der Waals surface area contributed by atoms with Crippen LogP contribution in [0.3, 0.4) is 0 Å². The predicted octanol–water partition coefficient (Wildman–Crippen LogP) is -0.259. The fourth-order valence-corrected chi connectivity index (χ4v) is 3.18. The summed E-state index contributed by atoms with van der Waals surface area (Å²) in [4.78, 5) is 4.06. The van der Waals surface area contributed by atoms with Gasteiger partial charge in [0.1, 0.15) is 9.84 Å². The van der Waals surface area contributed by atoms with E-state index in [4.69, 9.17) is 10.3 Å². The first-order valence-corrected chi connectivity index (χ1v) is 6.54. The number of nitrogens with zero attached hydrogens (tertiary/aromatic N) is 2. The van der Waals surface area contributed by atoms with Crippen LogP contribution in [0.15, 0.2) is 4.52 Å². The van der Waals surface area contributed by atoms with Crippen LogP contribution in [0.4, 0.5) is 0 Å². The SMILES string of the molecule is Cc1nc(C2(N)CCS(=O)(=O)CC2)no1. The van der Waals surface area contributed by atoms with Crippen LogP contribution in [0.5, 0.6) is 0 Å². The van der Waals surface area contributed by atoms with Crippen molar-refractivity contribution in [2.45, 2.75) is 25.3 Å². The van der Waals surface area contributed by atoms with E-state index in [1.54, 1.807) is 6.92 Å². The van der Waals surface area contributed by atoms with Crippen molar-refractivity contribution in [3.05, 3.63) is 11.7 Å². The molecule has 6 nitrogen and oxygen atoms in total. The first kappa shape index (κ1) is 10.6. The fourth-order valence-electron chi connectivity index (χ4n) is 1.63. The lowest BCUT2D eigenvalue weighted by molar-refractivity contribution is 0.334. The van der Waals surface area contributed by atoms with Crippen LogP contribution in [-0.2, 0) is 15.4 Å². The van der Waals surface area contributed by atoms with Gasteiger partial charge in [0.15, 0.2) is 5.82 Å². The van der Waals surface area contributed by atoms with E-state index in [9.17, 15) is 8.42 Å². The number of aromatic nitrogens is 2. The van der Waals surface area contributed by atoms with E-state index in [1.165, 1.54) is 0 Å². The molecule has 1 aromatic heterocycles. The summed E-state index contributed by atoms with van der Waals surface area (Å²) in [5.41, 5.74) is 5.32. The molecule has 2 N–H and O–H groups in total. The number of hydrogen-bond donors (Lipinski definition) is 1. The number of nitrogens with two attached hydrogens (primary N) is 1. The molecule has 15 heavy (non-hydrogen) atoms. The van der Waals surface area contributed by atoms with Gasteiger partial charge in [-0.05, 0) is 12.8 Å². The summed E-state index contributed by atoms with van der Waals surface area (Å²) in [5.74, 6) is 1.05. The lowest BCUT2D eigenvalue weighted by Crippen LogP contribution is -2.45. The van der Waals surface area contributed by atoms with Gasteiger partial charge in [0, 0.05) is 6.92 Å². The maximum absolute atomic E-state index is 11.3. The highest BCUT2D eigenvalue weighted by Crippen LogP contribution is 2.29. The monoisotopic (exact) mass is 231 g/mol. The highest BCUT2D eigenvalue weighted by Gasteiger charge is 2.38. The Morgan fingerprint density at radius 3 is 2.47 bits per heavy atom. The zero-order valence-electron chi connectivity index (χ0n) is 8.43. The van der Waals surface area contributed by atoms with Crippen molar-refractivity contribution in [3.8, 4) is 0 Å². The summed E-state index contributed by atoms with van der Waals surface area (Å²) in [6.45, 7) is 1.68. The van der Waals surface area contributed by atoms with Gasteiger partial charge < -0.3 is 10.3 Å². The average Bonchev–Trinajstić information content (AvgIpc) is 2.59. The molecule has 1 fully saturated rings. The quantitative estimate of drug-likeness (QED) is 0.715. The van der Waals surface area contributed by atoms with Gasteiger partial charge in [-0.1, -0.05) is 5.16 Å². The number of sulfone groups is 1. The van der Waals surface area contributed by atoms with E-state index in [-0.39, 0.29) is 11.5 Å². The Hall–Kier alpha value is -0.950. The summed E-state index contributed by atoms with van der Waals surface area (Å²) in [7, 11) is -2.92. The van der Waals surface area contributed by atoms with Gasteiger partial charge in [0.2, 0.25) is 5.89 Å². The van der Waals surface area contributed by atoms with Crippen molar-refractivity contribution < 1.29 is 12.9 Å². The molecule has 1 aliphatic rings. The summed E-state index contributed by atoms with van der Waals surface area (Å²) in [6, 6.07) is 0. The largest absolute Gasteiger partial charge is 0.340 e. The third-order valence-electron chi connectivity index (χ3n) is 2.69. The topological polar surface area (TPSA) is 99.1 Å². The molecule has 1 saturated heterocycles. The van der Waals surface area contributed by atoms with Gasteiger partial charge in [-0.15, -0.1) is 0 Å². The van der Waals surface area contributed by atoms with Crippen molar-refractivity contribution in [3.63, 3.8) is 0 Å². The van der Waals surface area contributed by atoms with Crippen molar-refractivity contribution in [2.24, 2.45) is 5.73 Å². The van der Waals surface area contributed by atoms with Crippen molar-refractivity contribution in [1.29, 1.82) is 0 Å². The highest BCUT2D eigenvalue weighted by atomic mass is 32.2. The normalized spacial score (nSPS) is 23.9. The van der Waals surface area contributed by atoms with Crippen LogP contribution < -0.4 is 5.73 Å². The molecule has 2 rings (SSSR count). The van der Waals surface area contributed by atoms with E-state index in [0.29, 0.717) is 24.6 Å². The first-order chi connectivity index (χ1) is 6.91. The lowest BCUT2D eigenvalue weighted by atomic mass is 9.93. The van der Waals surface area contributed by atoms with E-state index in [1.807, 2.05) is 0 Å². The Bertz CT molecular complexity index is 451. The Morgan fingerprint density at radius 2 is 2.00 bits per heavy atom. The predicted molar refractivity (Wildman–Crippen MR) is 52.8 cm³/mol. The summed E-state index contributed by atoms with van der Waals surface area (Å²) in [6.07, 6.45) is 0.711. The first-order valence-electron chi connectivity index (χ1n) is 4.71. The fraction of sp³-hybridized carbons (Fsp3) is 0.750. The standard InChI is InChI=1S/C8H13N3O3S/c1-6-10-7(11-14-6)8(9)2-4-15(12,13)5-3-8/h2-5,9H2,1H3. The van der Waals surface area contributed by atoms with Gasteiger partial charge in [0.05, 0.1) is 17.0 Å². The minimum absolute atomic E-state index is 0.0943. The Labute approximate surface area is 87.8 Å². The Morgan fingerprint density at radius 1 is 1.40 bits per heavy atom. The zero-order valence-corrected chi connectivity index (χ0v) is 9.25. The molecule has 0 unspecified atom stereocenters. The van der Waals surface area contributed by atoms with E-state index >= 15 is 0 Å². The second-order valence-electron chi connectivity index (χ2n) is 3.94. The Kier molecular flexibility index (Phi) is 2.31. The number of hydrogen-bond acceptors (Lipinski definition) is 6. The maximum atomic E-state index is 11.3. The van der Waals surface area contributed by atoms with Gasteiger partial charge >= 0.3 is 0 Å². The highest BCUT2D eigenvalue weighted by molar-refractivity contribution is 7.91. The lowest BCUT2D eigenvalue weighted by Gasteiger charge is -2.29. The third-order valence-corrected chi connectivity index (χ3v) is 4.34. The minimum atomic E-state index is -2.92. The molecule has 0 amide bonds. The van der Waals surface area contributed by atoms with Crippen LogP contribution in [0, 0.1) is 6.92 Å². The third kappa shape index (κ3) is 2.03. The molecule has 0 bridgehead atoms. The molecule has 0 spiro atoms. The van der Waals surface area contributed by atoms with Gasteiger partial charge in [-0.25, -0.2) is 8.42 Å². The summed E-state index contributed by atoms with van der Waals surface area (Å²) >= 11 is 0. The molecular weight excluding hydrogens is 218 g/mol. The molecule has 0 saturated carbocycles. The second-order valence-corrected chi connectivity index (χ2v) is 6.25. The van der Waals surface area contributed by atoms with Crippen LogP contribution in [0.1, 0.15) is 24.6 Å². The molecule has 2 heterocycles. The van der Waals surface area contributed by atoms with Crippen LogP contribution in [0.25, 0.3) is 0 Å². The van der Waals surface area contributed by atoms with Gasteiger partial charge in [-0.2, -0.15) is 4.98 Å². The minimum Gasteiger partial charge on any atom is -0.340 e. The molecular formula is C8H13N3O3S. The van der Waals surface area contributed by atoms with Crippen LogP contribution >= 0.6 is 0 Å².